The van der Waals surface area contributed by atoms with Crippen molar-refractivity contribution < 1.29 is 9.18 Å². The number of carbonyl (C=O) groups excluding carboxylic acids is 1. The minimum atomic E-state index is -0.514. The Hall–Kier alpha value is -1.11. The molecule has 0 aliphatic rings. The van der Waals surface area contributed by atoms with Crippen LogP contribution in [0, 0.1) is 9.39 Å². The van der Waals surface area contributed by atoms with Crippen LogP contribution in [-0.2, 0) is 0 Å². The summed E-state index contributed by atoms with van der Waals surface area (Å²) in [5.41, 5.74) is 0.143. The Bertz CT molecular complexity index is 368. The molecule has 2 N–H and O–H groups in total. The van der Waals surface area contributed by atoms with E-state index in [2.05, 4.69) is 17.2 Å². The van der Waals surface area contributed by atoms with E-state index >= 15 is 0 Å². The molecule has 74 valence electrons. The zero-order chi connectivity index (χ0) is 10.6. The third-order valence-corrected chi connectivity index (χ3v) is 2.08. The second kappa shape index (κ2) is 4.94. The van der Waals surface area contributed by atoms with Gasteiger partial charge in [-0.05, 0) is 47.0 Å². The van der Waals surface area contributed by atoms with Gasteiger partial charge in [-0.1, -0.05) is 6.58 Å². The summed E-state index contributed by atoms with van der Waals surface area (Å²) >= 11 is 1.99. The Balaban J connectivity index is 2.76. The topological polar surface area (TPSA) is 41.1 Å². The van der Waals surface area contributed by atoms with E-state index < -0.39 is 11.8 Å². The Morgan fingerprint density at radius 1 is 1.57 bits per heavy atom. The van der Waals surface area contributed by atoms with Crippen molar-refractivity contribution >= 4 is 34.3 Å². The lowest BCUT2D eigenvalue weighted by atomic mass is 10.3. The van der Waals surface area contributed by atoms with Gasteiger partial charge in [0.1, 0.15) is 5.82 Å². The van der Waals surface area contributed by atoms with Gasteiger partial charge in [-0.25, -0.2) is 9.18 Å². The van der Waals surface area contributed by atoms with Crippen LogP contribution in [-0.4, -0.2) is 6.03 Å². The molecule has 0 radical (unpaired) electrons. The summed E-state index contributed by atoms with van der Waals surface area (Å²) in [6.45, 7) is 3.31. The predicted octanol–water partition coefficient (Wildman–Crippen LogP) is 2.70. The maximum absolute atomic E-state index is 13.2. The van der Waals surface area contributed by atoms with E-state index in [1.165, 1.54) is 18.3 Å². The molecule has 1 rings (SSSR count). The predicted molar refractivity (Wildman–Crippen MR) is 61.5 cm³/mol. The Labute approximate surface area is 94.5 Å². The molecule has 0 unspecified atom stereocenters. The van der Waals surface area contributed by atoms with E-state index in [-0.39, 0.29) is 5.69 Å². The van der Waals surface area contributed by atoms with E-state index in [1.807, 2.05) is 22.6 Å². The normalized spacial score (nSPS) is 9.29. The number of amides is 2. The molecule has 0 fully saturated rings. The fourth-order valence-electron chi connectivity index (χ4n) is 0.842. The summed E-state index contributed by atoms with van der Waals surface area (Å²) < 4.78 is 14.0. The molecule has 1 aromatic rings. The molecule has 2 amide bonds. The highest BCUT2D eigenvalue weighted by Gasteiger charge is 2.05. The minimum absolute atomic E-state index is 0.143. The summed E-state index contributed by atoms with van der Waals surface area (Å²) in [6, 6.07) is 4.02. The van der Waals surface area contributed by atoms with Crippen LogP contribution in [0.2, 0.25) is 0 Å². The Kier molecular flexibility index (Phi) is 3.87. The van der Waals surface area contributed by atoms with Crippen LogP contribution in [0.3, 0.4) is 0 Å². The second-order valence-corrected chi connectivity index (χ2v) is 3.67. The summed E-state index contributed by atoms with van der Waals surface area (Å²) in [6.07, 6.45) is 1.22. The standard InChI is InChI=1S/C9H8FIN2O/c1-2-12-9(14)13-8-4-3-6(11)5-7(8)10/h2-5H,1H2,(H2,12,13,14). The Morgan fingerprint density at radius 2 is 2.29 bits per heavy atom. The number of hydrogen-bond acceptors (Lipinski definition) is 1. The molecule has 0 saturated heterocycles. The van der Waals surface area contributed by atoms with Gasteiger partial charge in [-0.3, -0.25) is 0 Å². The number of hydrogen-bond donors (Lipinski definition) is 2. The lowest BCUT2D eigenvalue weighted by Crippen LogP contribution is -2.23. The summed E-state index contributed by atoms with van der Waals surface area (Å²) in [5, 5.41) is 4.62. The average Bonchev–Trinajstić information content (AvgIpc) is 2.10. The van der Waals surface area contributed by atoms with Crippen molar-refractivity contribution in [3.05, 3.63) is 40.4 Å². The molecular weight excluding hydrogens is 298 g/mol. The van der Waals surface area contributed by atoms with Crippen molar-refractivity contribution in [2.75, 3.05) is 5.32 Å². The molecule has 0 heterocycles. The first-order valence-electron chi connectivity index (χ1n) is 3.77. The van der Waals surface area contributed by atoms with Crippen molar-refractivity contribution in [1.29, 1.82) is 0 Å². The lowest BCUT2D eigenvalue weighted by molar-refractivity contribution is 0.255. The van der Waals surface area contributed by atoms with Gasteiger partial charge >= 0.3 is 6.03 Å². The molecule has 0 saturated carbocycles. The molecule has 0 aromatic heterocycles. The highest BCUT2D eigenvalue weighted by molar-refractivity contribution is 14.1. The first-order valence-corrected chi connectivity index (χ1v) is 4.85. The van der Waals surface area contributed by atoms with Gasteiger partial charge in [0.15, 0.2) is 0 Å². The minimum Gasteiger partial charge on any atom is -0.315 e. The molecule has 14 heavy (non-hydrogen) atoms. The van der Waals surface area contributed by atoms with Gasteiger partial charge in [0.25, 0.3) is 0 Å². The van der Waals surface area contributed by atoms with Crippen molar-refractivity contribution in [2.45, 2.75) is 0 Å². The second-order valence-electron chi connectivity index (χ2n) is 2.43. The van der Waals surface area contributed by atoms with E-state index in [4.69, 9.17) is 0 Å². The smallest absolute Gasteiger partial charge is 0.315 e. The third kappa shape index (κ3) is 2.99. The van der Waals surface area contributed by atoms with Crippen molar-refractivity contribution in [1.82, 2.24) is 5.32 Å². The molecule has 0 aliphatic carbocycles. The Morgan fingerprint density at radius 3 is 2.86 bits per heavy atom. The monoisotopic (exact) mass is 306 g/mol. The molecular formula is C9H8FIN2O. The van der Waals surface area contributed by atoms with E-state index in [0.29, 0.717) is 0 Å². The number of halogens is 2. The van der Waals surface area contributed by atoms with Gasteiger partial charge in [-0.15, -0.1) is 0 Å². The first kappa shape index (κ1) is 11.0. The molecule has 5 heteroatoms. The highest BCUT2D eigenvalue weighted by atomic mass is 127. The molecule has 0 aliphatic heterocycles. The molecule has 0 bridgehead atoms. The van der Waals surface area contributed by atoms with Gasteiger partial charge in [-0.2, -0.15) is 0 Å². The maximum Gasteiger partial charge on any atom is 0.323 e. The molecule has 3 nitrogen and oxygen atoms in total. The van der Waals surface area contributed by atoms with E-state index in [9.17, 15) is 9.18 Å². The zero-order valence-electron chi connectivity index (χ0n) is 7.18. The van der Waals surface area contributed by atoms with Gasteiger partial charge in [0.05, 0.1) is 5.69 Å². The van der Waals surface area contributed by atoms with Crippen molar-refractivity contribution in [2.24, 2.45) is 0 Å². The summed E-state index contributed by atoms with van der Waals surface area (Å²) in [7, 11) is 0. The van der Waals surface area contributed by atoms with Gasteiger partial charge in [0, 0.05) is 3.57 Å². The van der Waals surface area contributed by atoms with Gasteiger partial charge in [0.2, 0.25) is 0 Å². The lowest BCUT2D eigenvalue weighted by Gasteiger charge is -2.05. The number of anilines is 1. The maximum atomic E-state index is 13.2. The molecule has 1 aromatic carbocycles. The van der Waals surface area contributed by atoms with Crippen LogP contribution >= 0.6 is 22.6 Å². The van der Waals surface area contributed by atoms with E-state index in [1.54, 1.807) is 6.07 Å². The fraction of sp³-hybridized carbons (Fsp3) is 0. The van der Waals surface area contributed by atoms with Crippen LogP contribution < -0.4 is 10.6 Å². The highest BCUT2D eigenvalue weighted by Crippen LogP contribution is 2.16. The first-order chi connectivity index (χ1) is 6.63. The largest absolute Gasteiger partial charge is 0.323 e. The van der Waals surface area contributed by atoms with Gasteiger partial charge < -0.3 is 10.6 Å². The van der Waals surface area contributed by atoms with Crippen molar-refractivity contribution in [3.8, 4) is 0 Å². The van der Waals surface area contributed by atoms with Crippen LogP contribution in [0.4, 0.5) is 14.9 Å². The number of rotatable bonds is 2. The number of carbonyl (C=O) groups is 1. The fourth-order valence-corrected chi connectivity index (χ4v) is 1.30. The SMILES string of the molecule is C=CNC(=O)Nc1ccc(I)cc1F. The van der Waals surface area contributed by atoms with Crippen LogP contribution in [0.25, 0.3) is 0 Å². The zero-order valence-corrected chi connectivity index (χ0v) is 9.34. The third-order valence-electron chi connectivity index (χ3n) is 1.41. The van der Waals surface area contributed by atoms with Crippen LogP contribution in [0.5, 0.6) is 0 Å². The number of nitrogens with one attached hydrogen (secondary N) is 2. The average molecular weight is 306 g/mol. The van der Waals surface area contributed by atoms with E-state index in [0.717, 1.165) is 3.57 Å². The quantitative estimate of drug-likeness (QED) is 0.811. The van der Waals surface area contributed by atoms with Crippen LogP contribution in [0.1, 0.15) is 0 Å². The number of urea groups is 1. The van der Waals surface area contributed by atoms with Crippen LogP contribution in [0.15, 0.2) is 31.0 Å². The van der Waals surface area contributed by atoms with Crippen molar-refractivity contribution in [3.63, 3.8) is 0 Å². The molecule has 0 atom stereocenters. The summed E-state index contributed by atoms with van der Waals surface area (Å²) in [4.78, 5) is 11.0. The summed E-state index contributed by atoms with van der Waals surface area (Å²) in [5.74, 6) is -0.462. The molecule has 0 spiro atoms. The number of benzene rings is 1.